The Morgan fingerprint density at radius 1 is 1.38 bits per heavy atom. The van der Waals surface area contributed by atoms with E-state index in [4.69, 9.17) is 21.1 Å². The molecule has 0 bridgehead atoms. The number of Topliss-reactive ketones (excluding diaryl/α,β-unsaturated/α-hetero) is 1. The summed E-state index contributed by atoms with van der Waals surface area (Å²) < 4.78 is 10.6. The third-order valence-electron chi connectivity index (χ3n) is 3.61. The number of carbonyl (C=O) groups excluding carboxylic acids is 3. The smallest absolute Gasteiger partial charge is 0.326 e. The first-order valence-electron chi connectivity index (χ1n) is 7.66. The number of hydrogen-bond donors (Lipinski definition) is 0. The fraction of sp³-hybridized carbons (Fsp3) is 0.471. The summed E-state index contributed by atoms with van der Waals surface area (Å²) in [6, 6.07) is 4.71. The van der Waals surface area contributed by atoms with Crippen LogP contribution in [0.2, 0.25) is 0 Å². The maximum atomic E-state index is 12.6. The minimum atomic E-state index is -1.12. The molecule has 24 heavy (non-hydrogen) atoms. The molecular formula is C17H20ClNO5. The van der Waals surface area contributed by atoms with Crippen molar-refractivity contribution in [3.63, 3.8) is 0 Å². The molecular weight excluding hydrogens is 334 g/mol. The largest absolute Gasteiger partial charge is 0.476 e. The first kappa shape index (κ1) is 18.3. The lowest BCUT2D eigenvalue weighted by Gasteiger charge is -2.38. The van der Waals surface area contributed by atoms with Gasteiger partial charge in [-0.05, 0) is 45.9 Å². The molecule has 1 amide bonds. The summed E-state index contributed by atoms with van der Waals surface area (Å²) in [6.45, 7) is 6.48. The molecule has 130 valence electrons. The number of nitrogens with zero attached hydrogens (tertiary/aromatic N) is 1. The summed E-state index contributed by atoms with van der Waals surface area (Å²) in [5.41, 5.74) is -0.415. The lowest BCUT2D eigenvalue weighted by atomic mass is 10.0. The highest BCUT2D eigenvalue weighted by Crippen LogP contribution is 2.38. The fourth-order valence-corrected chi connectivity index (χ4v) is 2.57. The number of ether oxygens (including phenoxy) is 2. The molecule has 1 aromatic rings. The number of amides is 1. The number of esters is 1. The molecule has 1 unspecified atom stereocenters. The van der Waals surface area contributed by atoms with Crippen LogP contribution in [0.15, 0.2) is 18.2 Å². The summed E-state index contributed by atoms with van der Waals surface area (Å²) in [6.07, 6.45) is 0. The number of fused-ring (bicyclic) bond motifs is 1. The van der Waals surface area contributed by atoms with Gasteiger partial charge in [-0.2, -0.15) is 0 Å². The average molecular weight is 354 g/mol. The van der Waals surface area contributed by atoms with Crippen molar-refractivity contribution in [3.8, 4) is 5.75 Å². The van der Waals surface area contributed by atoms with Crippen molar-refractivity contribution in [2.45, 2.75) is 38.7 Å². The van der Waals surface area contributed by atoms with Crippen molar-refractivity contribution >= 4 is 34.9 Å². The summed E-state index contributed by atoms with van der Waals surface area (Å²) in [7, 11) is 0. The Morgan fingerprint density at radius 2 is 2.04 bits per heavy atom. The second-order valence-corrected chi connectivity index (χ2v) is 6.63. The van der Waals surface area contributed by atoms with Gasteiger partial charge in [-0.3, -0.25) is 19.3 Å². The topological polar surface area (TPSA) is 72.9 Å². The molecule has 1 aliphatic heterocycles. The molecule has 6 nitrogen and oxygen atoms in total. The second kappa shape index (κ2) is 6.81. The van der Waals surface area contributed by atoms with Crippen molar-refractivity contribution < 1.29 is 23.9 Å². The second-order valence-electron chi connectivity index (χ2n) is 5.97. The molecule has 1 aliphatic rings. The zero-order valence-corrected chi connectivity index (χ0v) is 14.8. The number of carbonyl (C=O) groups is 3. The molecule has 2 rings (SSSR count). The Kier molecular flexibility index (Phi) is 5.18. The third-order valence-corrected chi connectivity index (χ3v) is 3.81. The summed E-state index contributed by atoms with van der Waals surface area (Å²) in [5.74, 6) is -0.765. The van der Waals surface area contributed by atoms with Crippen LogP contribution in [0.5, 0.6) is 5.75 Å². The average Bonchev–Trinajstić information content (AvgIpc) is 2.50. The van der Waals surface area contributed by atoms with Gasteiger partial charge in [0.2, 0.25) is 0 Å². The van der Waals surface area contributed by atoms with Crippen LogP contribution in [0.3, 0.4) is 0 Å². The molecule has 0 spiro atoms. The van der Waals surface area contributed by atoms with Crippen LogP contribution in [0.1, 0.15) is 38.1 Å². The minimum Gasteiger partial charge on any atom is -0.476 e. The van der Waals surface area contributed by atoms with Gasteiger partial charge in [0.25, 0.3) is 5.91 Å². The molecule has 1 atom stereocenters. The number of anilines is 1. The van der Waals surface area contributed by atoms with Gasteiger partial charge >= 0.3 is 5.97 Å². The van der Waals surface area contributed by atoms with E-state index in [1.807, 2.05) is 0 Å². The van der Waals surface area contributed by atoms with Gasteiger partial charge in [-0.25, -0.2) is 0 Å². The first-order valence-corrected chi connectivity index (χ1v) is 8.10. The number of ketones is 1. The molecule has 0 N–H and O–H groups in total. The van der Waals surface area contributed by atoms with Crippen molar-refractivity contribution in [2.75, 3.05) is 18.1 Å². The third kappa shape index (κ3) is 3.53. The molecule has 0 radical (unpaired) electrons. The highest BCUT2D eigenvalue weighted by atomic mass is 35.5. The van der Waals surface area contributed by atoms with Crippen molar-refractivity contribution in [2.24, 2.45) is 0 Å². The van der Waals surface area contributed by atoms with E-state index in [2.05, 4.69) is 0 Å². The van der Waals surface area contributed by atoms with Gasteiger partial charge in [0.05, 0.1) is 17.7 Å². The SMILES string of the molecule is CCOC(=O)CN1C(=O)C(C)(C)Oc2ccc(C(=O)C(C)Cl)cc21. The molecule has 1 aromatic carbocycles. The predicted molar refractivity (Wildman–Crippen MR) is 89.8 cm³/mol. The predicted octanol–water partition coefficient (Wildman–Crippen LogP) is 2.56. The lowest BCUT2D eigenvalue weighted by Crippen LogP contribution is -2.54. The molecule has 0 saturated heterocycles. The highest BCUT2D eigenvalue weighted by Gasteiger charge is 2.42. The van der Waals surface area contributed by atoms with E-state index in [1.165, 1.54) is 11.0 Å². The number of benzene rings is 1. The summed E-state index contributed by atoms with van der Waals surface area (Å²) in [5, 5.41) is -0.696. The van der Waals surface area contributed by atoms with Crippen LogP contribution < -0.4 is 9.64 Å². The zero-order chi connectivity index (χ0) is 18.1. The lowest BCUT2D eigenvalue weighted by molar-refractivity contribution is -0.144. The number of hydrogen-bond acceptors (Lipinski definition) is 5. The Hall–Kier alpha value is -2.08. The van der Waals surface area contributed by atoms with Crippen LogP contribution in [0, 0.1) is 0 Å². The van der Waals surface area contributed by atoms with Gasteiger partial charge in [0.1, 0.15) is 12.3 Å². The van der Waals surface area contributed by atoms with Crippen molar-refractivity contribution in [1.29, 1.82) is 0 Å². The van der Waals surface area contributed by atoms with E-state index in [9.17, 15) is 14.4 Å². The van der Waals surface area contributed by atoms with Crippen molar-refractivity contribution in [3.05, 3.63) is 23.8 Å². The van der Waals surface area contributed by atoms with E-state index in [1.54, 1.807) is 39.8 Å². The van der Waals surface area contributed by atoms with E-state index < -0.39 is 16.9 Å². The highest BCUT2D eigenvalue weighted by molar-refractivity contribution is 6.33. The Morgan fingerprint density at radius 3 is 2.62 bits per heavy atom. The number of alkyl halides is 1. The van der Waals surface area contributed by atoms with Crippen LogP contribution in [-0.4, -0.2) is 41.8 Å². The number of halogens is 1. The molecule has 7 heteroatoms. The van der Waals surface area contributed by atoms with E-state index in [0.29, 0.717) is 17.0 Å². The van der Waals surface area contributed by atoms with Gasteiger partial charge < -0.3 is 9.47 Å². The maximum Gasteiger partial charge on any atom is 0.326 e. The van der Waals surface area contributed by atoms with Crippen LogP contribution in [-0.2, 0) is 14.3 Å². The van der Waals surface area contributed by atoms with Crippen LogP contribution >= 0.6 is 11.6 Å². The van der Waals surface area contributed by atoms with Gasteiger partial charge in [0.15, 0.2) is 11.4 Å². The molecule has 0 aromatic heterocycles. The van der Waals surface area contributed by atoms with E-state index in [-0.39, 0.29) is 24.8 Å². The zero-order valence-electron chi connectivity index (χ0n) is 14.1. The van der Waals surface area contributed by atoms with Gasteiger partial charge in [-0.15, -0.1) is 11.6 Å². The van der Waals surface area contributed by atoms with Gasteiger partial charge in [0, 0.05) is 5.56 Å². The summed E-state index contributed by atoms with van der Waals surface area (Å²) >= 11 is 5.85. The standard InChI is InChI=1S/C17H20ClNO5/c1-5-23-14(20)9-19-12-8-11(15(21)10(2)18)6-7-13(12)24-17(3,4)16(19)22/h6-8,10H,5,9H2,1-4H3. The molecule has 1 heterocycles. The first-order chi connectivity index (χ1) is 11.2. The van der Waals surface area contributed by atoms with E-state index >= 15 is 0 Å². The van der Waals surface area contributed by atoms with Crippen LogP contribution in [0.4, 0.5) is 5.69 Å². The van der Waals surface area contributed by atoms with Gasteiger partial charge in [-0.1, -0.05) is 0 Å². The summed E-state index contributed by atoms with van der Waals surface area (Å²) in [4.78, 5) is 37.9. The quantitative estimate of drug-likeness (QED) is 0.462. The molecule has 0 saturated carbocycles. The van der Waals surface area contributed by atoms with Crippen LogP contribution in [0.25, 0.3) is 0 Å². The minimum absolute atomic E-state index is 0.218. The van der Waals surface area contributed by atoms with Crippen molar-refractivity contribution in [1.82, 2.24) is 0 Å². The Bertz CT molecular complexity index is 684. The number of rotatable bonds is 5. The fourth-order valence-electron chi connectivity index (χ4n) is 2.44. The monoisotopic (exact) mass is 353 g/mol. The van der Waals surface area contributed by atoms with E-state index in [0.717, 1.165) is 0 Å². The Labute approximate surface area is 145 Å². The maximum absolute atomic E-state index is 12.6. The normalized spacial score (nSPS) is 16.9. The molecule has 0 fully saturated rings. The Balaban J connectivity index is 2.46. The molecule has 0 aliphatic carbocycles.